The maximum absolute atomic E-state index is 11.8. The van der Waals surface area contributed by atoms with Crippen molar-refractivity contribution in [3.8, 4) is 0 Å². The van der Waals surface area contributed by atoms with Crippen LogP contribution in [0.25, 0.3) is 0 Å². The van der Waals surface area contributed by atoms with E-state index < -0.39 is 0 Å². The fourth-order valence-corrected chi connectivity index (χ4v) is 2.24. The second-order valence-electron chi connectivity index (χ2n) is 4.19. The van der Waals surface area contributed by atoms with Crippen LogP contribution < -0.4 is 0 Å². The molecule has 0 aliphatic heterocycles. The molecule has 0 aromatic heterocycles. The monoisotopic (exact) mass is 226 g/mol. The quantitative estimate of drug-likeness (QED) is 0.516. The van der Waals surface area contributed by atoms with Crippen LogP contribution in [0.1, 0.15) is 39.0 Å². The van der Waals surface area contributed by atoms with Crippen molar-refractivity contribution in [2.24, 2.45) is 5.92 Å². The number of ether oxygens (including phenoxy) is 2. The molecule has 3 nitrogen and oxygen atoms in total. The van der Waals surface area contributed by atoms with Gasteiger partial charge in [0.1, 0.15) is 6.61 Å². The van der Waals surface area contributed by atoms with Gasteiger partial charge in [-0.15, -0.1) is 0 Å². The Bertz CT molecular complexity index is 219. The summed E-state index contributed by atoms with van der Waals surface area (Å²) in [6.45, 7) is 6.28. The molecule has 1 atom stereocenters. The summed E-state index contributed by atoms with van der Waals surface area (Å²) in [4.78, 5) is 11.8. The Morgan fingerprint density at radius 1 is 1.44 bits per heavy atom. The van der Waals surface area contributed by atoms with Gasteiger partial charge in [-0.3, -0.25) is 0 Å². The molecule has 0 heterocycles. The molecule has 0 bridgehead atoms. The van der Waals surface area contributed by atoms with Gasteiger partial charge in [0.05, 0.1) is 0 Å². The number of rotatable bonds is 6. The van der Waals surface area contributed by atoms with Gasteiger partial charge >= 0.3 is 5.97 Å². The highest BCUT2D eigenvalue weighted by Gasteiger charge is 2.30. The van der Waals surface area contributed by atoms with Gasteiger partial charge in [0.25, 0.3) is 0 Å². The van der Waals surface area contributed by atoms with E-state index in [1.54, 1.807) is 6.08 Å². The van der Waals surface area contributed by atoms with E-state index in [4.69, 9.17) is 9.47 Å². The molecule has 92 valence electrons. The predicted octanol–water partition coefficient (Wildman–Crippen LogP) is 2.70. The van der Waals surface area contributed by atoms with Gasteiger partial charge in [-0.2, -0.15) is 0 Å². The van der Waals surface area contributed by atoms with E-state index in [0.29, 0.717) is 12.5 Å². The maximum Gasteiger partial charge on any atom is 0.335 e. The van der Waals surface area contributed by atoms with Crippen molar-refractivity contribution in [1.82, 2.24) is 0 Å². The van der Waals surface area contributed by atoms with Crippen LogP contribution in [0.4, 0.5) is 0 Å². The summed E-state index contributed by atoms with van der Waals surface area (Å²) in [5.74, 6) is 0.111. The Hall–Kier alpha value is -0.830. The van der Waals surface area contributed by atoms with Gasteiger partial charge in [0.2, 0.25) is 0 Å². The Balaban J connectivity index is 2.50. The number of hydrogen-bond acceptors (Lipinski definition) is 3. The number of esters is 1. The van der Waals surface area contributed by atoms with Gasteiger partial charge in [0.15, 0.2) is 6.10 Å². The topological polar surface area (TPSA) is 35.5 Å². The lowest BCUT2D eigenvalue weighted by Gasteiger charge is -2.28. The number of carbonyl (C=O) groups is 1. The number of carbonyl (C=O) groups excluding carboxylic acids is 1. The molecule has 0 aromatic carbocycles. The van der Waals surface area contributed by atoms with Gasteiger partial charge < -0.3 is 9.47 Å². The lowest BCUT2D eigenvalue weighted by Crippen LogP contribution is -2.35. The van der Waals surface area contributed by atoms with Crippen molar-refractivity contribution in [2.45, 2.75) is 45.1 Å². The minimum atomic E-state index is -0.370. The Morgan fingerprint density at radius 2 is 2.12 bits per heavy atom. The first-order valence-electron chi connectivity index (χ1n) is 6.18. The molecule has 0 amide bonds. The Kier molecular flexibility index (Phi) is 6.16. The molecular formula is C13H22O3. The van der Waals surface area contributed by atoms with Crippen LogP contribution in [0, 0.1) is 5.92 Å². The van der Waals surface area contributed by atoms with Crippen molar-refractivity contribution in [3.05, 3.63) is 12.7 Å². The lowest BCUT2D eigenvalue weighted by molar-refractivity contribution is -0.160. The zero-order valence-corrected chi connectivity index (χ0v) is 10.1. The minimum Gasteiger partial charge on any atom is -0.460 e. The molecule has 0 aromatic rings. The zero-order valence-electron chi connectivity index (χ0n) is 10.1. The molecule has 1 rings (SSSR count). The van der Waals surface area contributed by atoms with Crippen molar-refractivity contribution in [2.75, 3.05) is 13.2 Å². The molecule has 1 saturated carbocycles. The van der Waals surface area contributed by atoms with Crippen LogP contribution in [0.3, 0.4) is 0 Å². The summed E-state index contributed by atoms with van der Waals surface area (Å²) in [6, 6.07) is 0. The van der Waals surface area contributed by atoms with Crippen LogP contribution in [-0.4, -0.2) is 25.3 Å². The van der Waals surface area contributed by atoms with Crippen LogP contribution in [0.15, 0.2) is 12.7 Å². The van der Waals surface area contributed by atoms with E-state index in [-0.39, 0.29) is 18.7 Å². The van der Waals surface area contributed by atoms with Crippen molar-refractivity contribution >= 4 is 5.97 Å². The summed E-state index contributed by atoms with van der Waals surface area (Å²) in [6.07, 6.45) is 7.04. The fourth-order valence-electron chi connectivity index (χ4n) is 2.24. The fraction of sp³-hybridized carbons (Fsp3) is 0.769. The molecule has 1 unspecified atom stereocenters. The second kappa shape index (κ2) is 7.44. The molecule has 0 radical (unpaired) electrons. The summed E-state index contributed by atoms with van der Waals surface area (Å²) in [5, 5.41) is 0. The normalized spacial score (nSPS) is 19.1. The summed E-state index contributed by atoms with van der Waals surface area (Å²) in [7, 11) is 0. The molecule has 0 N–H and O–H groups in total. The summed E-state index contributed by atoms with van der Waals surface area (Å²) >= 11 is 0. The van der Waals surface area contributed by atoms with Crippen LogP contribution in [-0.2, 0) is 14.3 Å². The summed E-state index contributed by atoms with van der Waals surface area (Å²) < 4.78 is 10.6. The highest BCUT2D eigenvalue weighted by Crippen LogP contribution is 2.28. The van der Waals surface area contributed by atoms with Gasteiger partial charge in [-0.25, -0.2) is 4.79 Å². The largest absolute Gasteiger partial charge is 0.460 e. The van der Waals surface area contributed by atoms with Gasteiger partial charge in [0, 0.05) is 6.61 Å². The van der Waals surface area contributed by atoms with Crippen molar-refractivity contribution in [1.29, 1.82) is 0 Å². The lowest BCUT2D eigenvalue weighted by atomic mass is 9.85. The van der Waals surface area contributed by atoms with Crippen molar-refractivity contribution < 1.29 is 14.3 Å². The molecule has 16 heavy (non-hydrogen) atoms. The molecule has 0 saturated heterocycles. The van der Waals surface area contributed by atoms with Gasteiger partial charge in [-0.05, 0) is 25.7 Å². The number of hydrogen-bond donors (Lipinski definition) is 0. The molecule has 1 aliphatic carbocycles. The highest BCUT2D eigenvalue weighted by atomic mass is 16.6. The van der Waals surface area contributed by atoms with Crippen LogP contribution >= 0.6 is 0 Å². The van der Waals surface area contributed by atoms with Crippen LogP contribution in [0.2, 0.25) is 0 Å². The molecule has 0 spiro atoms. The van der Waals surface area contributed by atoms with Gasteiger partial charge in [-0.1, -0.05) is 31.9 Å². The third-order valence-corrected chi connectivity index (χ3v) is 3.00. The maximum atomic E-state index is 11.8. The average molecular weight is 226 g/mol. The standard InChI is InChI=1S/C13H22O3/c1-3-10-16-13(14)12(15-4-2)11-8-6-5-7-9-11/h3,11-12H,1,4-10H2,2H3. The Morgan fingerprint density at radius 3 is 2.69 bits per heavy atom. The Labute approximate surface area is 97.8 Å². The third-order valence-electron chi connectivity index (χ3n) is 3.00. The SMILES string of the molecule is C=CCOC(=O)C(OCC)C1CCCCC1. The molecular weight excluding hydrogens is 204 g/mol. The van der Waals surface area contributed by atoms with E-state index in [2.05, 4.69) is 6.58 Å². The average Bonchev–Trinajstić information content (AvgIpc) is 2.34. The third kappa shape index (κ3) is 3.97. The summed E-state index contributed by atoms with van der Waals surface area (Å²) in [5.41, 5.74) is 0. The zero-order chi connectivity index (χ0) is 11.8. The van der Waals surface area contributed by atoms with E-state index >= 15 is 0 Å². The van der Waals surface area contributed by atoms with Crippen LogP contribution in [0.5, 0.6) is 0 Å². The van der Waals surface area contributed by atoms with Crippen molar-refractivity contribution in [3.63, 3.8) is 0 Å². The van der Waals surface area contributed by atoms with E-state index in [1.807, 2.05) is 6.92 Å². The first-order chi connectivity index (χ1) is 7.79. The van der Waals surface area contributed by atoms with E-state index in [9.17, 15) is 4.79 Å². The predicted molar refractivity (Wildman–Crippen MR) is 63.1 cm³/mol. The van der Waals surface area contributed by atoms with E-state index in [0.717, 1.165) is 12.8 Å². The smallest absolute Gasteiger partial charge is 0.335 e. The molecule has 1 aliphatic rings. The highest BCUT2D eigenvalue weighted by molar-refractivity contribution is 5.75. The first kappa shape index (κ1) is 13.2. The second-order valence-corrected chi connectivity index (χ2v) is 4.19. The molecule has 1 fully saturated rings. The minimum absolute atomic E-state index is 0.228. The molecule has 3 heteroatoms. The van der Waals surface area contributed by atoms with E-state index in [1.165, 1.54) is 19.3 Å². The first-order valence-corrected chi connectivity index (χ1v) is 6.18.